The van der Waals surface area contributed by atoms with Crippen LogP contribution in [0.15, 0.2) is 59.5 Å². The maximum absolute atomic E-state index is 13.0. The van der Waals surface area contributed by atoms with E-state index < -0.39 is 23.5 Å². The highest BCUT2D eigenvalue weighted by atomic mass is 35.5. The number of cyclic esters (lactones) is 1. The first kappa shape index (κ1) is 17.3. The molecule has 1 fully saturated rings. The smallest absolute Gasteiger partial charge is 0.417 e. The van der Waals surface area contributed by atoms with Crippen LogP contribution in [0.4, 0.5) is 4.79 Å². The number of nitrogens with one attached hydrogen (secondary N) is 1. The predicted octanol–water partition coefficient (Wildman–Crippen LogP) is 3.39. The maximum Gasteiger partial charge on any atom is 0.417 e. The molecule has 1 N–H and O–H groups in total. The number of carbonyl (C=O) groups excluding carboxylic acids is 2. The van der Waals surface area contributed by atoms with Crippen molar-refractivity contribution in [2.45, 2.75) is 12.5 Å². The van der Waals surface area contributed by atoms with Gasteiger partial charge in [0.2, 0.25) is 5.43 Å². The van der Waals surface area contributed by atoms with Crippen LogP contribution in [0.2, 0.25) is 5.02 Å². The van der Waals surface area contributed by atoms with Crippen LogP contribution in [0.5, 0.6) is 0 Å². The van der Waals surface area contributed by atoms with Gasteiger partial charge in [-0.3, -0.25) is 9.59 Å². The molecule has 1 saturated heterocycles. The molecule has 0 spiro atoms. The summed E-state index contributed by atoms with van der Waals surface area (Å²) < 4.78 is 5.07. The summed E-state index contributed by atoms with van der Waals surface area (Å²) in [6.45, 7) is 0.0940. The second-order valence-electron chi connectivity index (χ2n) is 6.29. The number of nitrogens with zero attached hydrogens (tertiary/aromatic N) is 1. The molecule has 2 amide bonds. The monoisotopic (exact) mass is 382 g/mol. The van der Waals surface area contributed by atoms with Crippen molar-refractivity contribution in [3.8, 4) is 0 Å². The van der Waals surface area contributed by atoms with Crippen molar-refractivity contribution in [2.75, 3.05) is 6.61 Å². The fourth-order valence-electron chi connectivity index (χ4n) is 3.25. The molecule has 27 heavy (non-hydrogen) atoms. The molecule has 3 aromatic rings. The number of benzene rings is 2. The van der Waals surface area contributed by atoms with Gasteiger partial charge in [0.1, 0.15) is 12.2 Å². The normalized spacial score (nSPS) is 16.6. The highest BCUT2D eigenvalue weighted by molar-refractivity contribution is 6.35. The minimum absolute atomic E-state index is 0.0940. The lowest BCUT2D eigenvalue weighted by molar-refractivity contribution is 0.0773. The standard InChI is InChI=1S/C20H15ClN2O4/c21-16-8-4-7-14-17(16)22-10-15(18(14)24)19(25)23-13(11-27-20(23)26)9-12-5-2-1-3-6-12/h1-8,10,13H,9,11H2,(H,22,24). The summed E-state index contributed by atoms with van der Waals surface area (Å²) in [5, 5.41) is 0.673. The third kappa shape index (κ3) is 3.08. The Hall–Kier alpha value is -3.12. The number of rotatable bonds is 3. The van der Waals surface area contributed by atoms with Gasteiger partial charge in [0.15, 0.2) is 0 Å². The van der Waals surface area contributed by atoms with Crippen molar-refractivity contribution in [3.05, 3.63) is 81.1 Å². The van der Waals surface area contributed by atoms with Crippen LogP contribution < -0.4 is 5.43 Å². The quantitative estimate of drug-likeness (QED) is 0.753. The highest BCUT2D eigenvalue weighted by Gasteiger charge is 2.39. The third-order valence-electron chi connectivity index (χ3n) is 4.59. The number of ether oxygens (including phenoxy) is 1. The van der Waals surface area contributed by atoms with Gasteiger partial charge in [-0.15, -0.1) is 0 Å². The third-order valence-corrected chi connectivity index (χ3v) is 4.90. The number of halogens is 1. The van der Waals surface area contributed by atoms with Gasteiger partial charge in [0.05, 0.1) is 16.6 Å². The van der Waals surface area contributed by atoms with Crippen molar-refractivity contribution < 1.29 is 14.3 Å². The first-order valence-electron chi connectivity index (χ1n) is 8.40. The Balaban J connectivity index is 1.70. The van der Waals surface area contributed by atoms with Crippen molar-refractivity contribution in [1.82, 2.24) is 9.88 Å². The second-order valence-corrected chi connectivity index (χ2v) is 6.70. The summed E-state index contributed by atoms with van der Waals surface area (Å²) in [5.74, 6) is -0.679. The van der Waals surface area contributed by atoms with E-state index in [0.717, 1.165) is 10.5 Å². The van der Waals surface area contributed by atoms with E-state index in [0.29, 0.717) is 22.3 Å². The Labute approximate surface area is 159 Å². The number of hydrogen-bond donors (Lipinski definition) is 1. The Morgan fingerprint density at radius 1 is 1.15 bits per heavy atom. The molecular weight excluding hydrogens is 368 g/mol. The molecule has 0 aliphatic carbocycles. The number of carbonyl (C=O) groups is 2. The van der Waals surface area contributed by atoms with Crippen LogP contribution in [-0.2, 0) is 11.2 Å². The Bertz CT molecular complexity index is 1090. The molecule has 1 aromatic heterocycles. The lowest BCUT2D eigenvalue weighted by Gasteiger charge is -2.19. The SMILES string of the molecule is O=C1OCC(Cc2ccccc2)N1C(=O)c1c[nH]c2c(Cl)cccc2c1=O. The minimum atomic E-state index is -0.744. The zero-order chi connectivity index (χ0) is 19.0. The van der Waals surface area contributed by atoms with Crippen LogP contribution in [-0.4, -0.2) is 34.5 Å². The van der Waals surface area contributed by atoms with Crippen LogP contribution in [0.3, 0.4) is 0 Å². The van der Waals surface area contributed by atoms with Gasteiger partial charge in [-0.05, 0) is 24.1 Å². The average Bonchev–Trinajstić information content (AvgIpc) is 3.03. The number of H-pyrrole nitrogens is 1. The average molecular weight is 383 g/mol. The molecule has 0 bridgehead atoms. The first-order chi connectivity index (χ1) is 13.1. The zero-order valence-corrected chi connectivity index (χ0v) is 14.9. The first-order valence-corrected chi connectivity index (χ1v) is 8.78. The predicted molar refractivity (Wildman–Crippen MR) is 101 cm³/mol. The number of fused-ring (bicyclic) bond motifs is 1. The molecule has 2 heterocycles. The lowest BCUT2D eigenvalue weighted by atomic mass is 10.0. The number of aromatic amines is 1. The Kier molecular flexibility index (Phi) is 4.41. The Morgan fingerprint density at radius 3 is 2.70 bits per heavy atom. The van der Waals surface area contributed by atoms with E-state index in [1.54, 1.807) is 18.2 Å². The lowest BCUT2D eigenvalue weighted by Crippen LogP contribution is -2.42. The van der Waals surface area contributed by atoms with E-state index in [1.807, 2.05) is 30.3 Å². The summed E-state index contributed by atoms with van der Waals surface area (Å²) in [5.41, 5.74) is 0.819. The number of aromatic nitrogens is 1. The van der Waals surface area contributed by atoms with Crippen molar-refractivity contribution >= 4 is 34.5 Å². The molecule has 136 valence electrons. The van der Waals surface area contributed by atoms with Gasteiger partial charge in [-0.25, -0.2) is 9.69 Å². The molecule has 4 rings (SSSR count). The van der Waals surface area contributed by atoms with Gasteiger partial charge in [0.25, 0.3) is 5.91 Å². The van der Waals surface area contributed by atoms with Gasteiger partial charge in [-0.1, -0.05) is 48.0 Å². The number of pyridine rings is 1. The van der Waals surface area contributed by atoms with Gasteiger partial charge in [-0.2, -0.15) is 0 Å². The van der Waals surface area contributed by atoms with Crippen molar-refractivity contribution in [3.63, 3.8) is 0 Å². The fourth-order valence-corrected chi connectivity index (χ4v) is 3.48. The number of para-hydroxylation sites is 1. The van der Waals surface area contributed by atoms with Crippen LogP contribution in [0, 0.1) is 0 Å². The second kappa shape index (κ2) is 6.89. The van der Waals surface area contributed by atoms with Crippen LogP contribution >= 0.6 is 11.6 Å². The van der Waals surface area contributed by atoms with Crippen molar-refractivity contribution in [1.29, 1.82) is 0 Å². The van der Waals surface area contributed by atoms with Crippen LogP contribution in [0.1, 0.15) is 15.9 Å². The fraction of sp³-hybridized carbons (Fsp3) is 0.150. The highest BCUT2D eigenvalue weighted by Crippen LogP contribution is 2.22. The largest absolute Gasteiger partial charge is 0.447 e. The molecule has 1 atom stereocenters. The minimum Gasteiger partial charge on any atom is -0.447 e. The van der Waals surface area contributed by atoms with E-state index in [4.69, 9.17) is 16.3 Å². The van der Waals surface area contributed by atoms with E-state index in [1.165, 1.54) is 6.20 Å². The van der Waals surface area contributed by atoms with Gasteiger partial charge < -0.3 is 9.72 Å². The summed E-state index contributed by atoms with van der Waals surface area (Å²) in [7, 11) is 0. The summed E-state index contributed by atoms with van der Waals surface area (Å²) in [4.78, 5) is 41.8. The van der Waals surface area contributed by atoms with Crippen LogP contribution in [0.25, 0.3) is 10.9 Å². The van der Waals surface area contributed by atoms with E-state index in [2.05, 4.69) is 4.98 Å². The molecular formula is C20H15ClN2O4. The number of imide groups is 1. The molecule has 0 saturated carbocycles. The molecule has 2 aromatic carbocycles. The molecule has 7 heteroatoms. The zero-order valence-electron chi connectivity index (χ0n) is 14.1. The maximum atomic E-state index is 13.0. The topological polar surface area (TPSA) is 79.5 Å². The molecule has 6 nitrogen and oxygen atoms in total. The molecule has 1 aliphatic rings. The van der Waals surface area contributed by atoms with Gasteiger partial charge >= 0.3 is 6.09 Å². The number of hydrogen-bond acceptors (Lipinski definition) is 4. The van der Waals surface area contributed by atoms with E-state index in [9.17, 15) is 14.4 Å². The van der Waals surface area contributed by atoms with Crippen molar-refractivity contribution in [2.24, 2.45) is 0 Å². The summed E-state index contributed by atoms with van der Waals surface area (Å²) in [6, 6.07) is 13.9. The van der Waals surface area contributed by atoms with E-state index in [-0.39, 0.29) is 12.2 Å². The number of amides is 2. The van der Waals surface area contributed by atoms with E-state index >= 15 is 0 Å². The summed E-state index contributed by atoms with van der Waals surface area (Å²) >= 11 is 6.09. The molecule has 1 aliphatic heterocycles. The summed E-state index contributed by atoms with van der Waals surface area (Å²) in [6.07, 6.45) is 1.01. The van der Waals surface area contributed by atoms with Gasteiger partial charge in [0, 0.05) is 11.6 Å². The molecule has 1 unspecified atom stereocenters. The molecule has 0 radical (unpaired) electrons. The Morgan fingerprint density at radius 2 is 1.93 bits per heavy atom.